The van der Waals surface area contributed by atoms with Gasteiger partial charge in [0.15, 0.2) is 0 Å². The molecule has 12 heavy (non-hydrogen) atoms. The van der Waals surface area contributed by atoms with Gasteiger partial charge in [0.2, 0.25) is 0 Å². The van der Waals surface area contributed by atoms with Crippen molar-refractivity contribution < 1.29 is 5.11 Å². The van der Waals surface area contributed by atoms with Gasteiger partial charge < -0.3 is 5.11 Å². The van der Waals surface area contributed by atoms with Crippen LogP contribution < -0.4 is 0 Å². The highest BCUT2D eigenvalue weighted by Crippen LogP contribution is 2.47. The third kappa shape index (κ3) is 2.48. The minimum Gasteiger partial charge on any atom is -0.396 e. The van der Waals surface area contributed by atoms with Gasteiger partial charge in [-0.3, -0.25) is 0 Å². The lowest BCUT2D eigenvalue weighted by atomic mass is 9.62. The van der Waals surface area contributed by atoms with Crippen LogP contribution in [0.15, 0.2) is 0 Å². The highest BCUT2D eigenvalue weighted by Gasteiger charge is 2.37. The molecule has 0 saturated heterocycles. The topological polar surface area (TPSA) is 20.2 Å². The zero-order valence-electron chi connectivity index (χ0n) is 8.85. The highest BCUT2D eigenvalue weighted by molar-refractivity contribution is 4.88. The second-order valence-corrected chi connectivity index (χ2v) is 5.96. The van der Waals surface area contributed by atoms with Crippen molar-refractivity contribution in [2.24, 2.45) is 16.7 Å². The molecule has 0 spiro atoms. The molecule has 1 N–H and O–H groups in total. The van der Waals surface area contributed by atoms with Crippen molar-refractivity contribution in [3.63, 3.8) is 0 Å². The maximum Gasteiger partial charge on any atom is 0.0459 e. The smallest absolute Gasteiger partial charge is 0.0459 e. The molecule has 1 rings (SSSR count). The molecule has 1 aliphatic rings. The second-order valence-electron chi connectivity index (χ2n) is 5.96. The van der Waals surface area contributed by atoms with Crippen molar-refractivity contribution in [2.75, 3.05) is 6.61 Å². The third-order valence-corrected chi connectivity index (χ3v) is 2.90. The molecule has 0 aromatic carbocycles. The van der Waals surface area contributed by atoms with E-state index in [9.17, 15) is 0 Å². The fraction of sp³-hybridized carbons (Fsp3) is 1.00. The summed E-state index contributed by atoms with van der Waals surface area (Å²) in [5.41, 5.74) is 0.851. The summed E-state index contributed by atoms with van der Waals surface area (Å²) in [4.78, 5) is 0. The molecule has 0 amide bonds. The van der Waals surface area contributed by atoms with Gasteiger partial charge in [0.25, 0.3) is 0 Å². The van der Waals surface area contributed by atoms with Crippen LogP contribution in [-0.4, -0.2) is 11.7 Å². The maximum absolute atomic E-state index is 9.16. The van der Waals surface area contributed by atoms with Gasteiger partial charge in [-0.1, -0.05) is 27.7 Å². The molecule has 0 heterocycles. The van der Waals surface area contributed by atoms with E-state index in [0.29, 0.717) is 23.4 Å². The van der Waals surface area contributed by atoms with Crippen LogP contribution in [0.3, 0.4) is 0 Å². The third-order valence-electron chi connectivity index (χ3n) is 2.90. The molecule has 0 aromatic rings. The summed E-state index contributed by atoms with van der Waals surface area (Å²) in [5, 5.41) is 9.16. The summed E-state index contributed by atoms with van der Waals surface area (Å²) < 4.78 is 0. The Labute approximate surface area is 76.2 Å². The lowest BCUT2D eigenvalue weighted by molar-refractivity contribution is 0.0384. The lowest BCUT2D eigenvalue weighted by Gasteiger charge is -2.44. The molecule has 1 nitrogen and oxygen atoms in total. The molecule has 0 bridgehead atoms. The number of rotatable bonds is 1. The first kappa shape index (κ1) is 10.0. The average Bonchev–Trinajstić information content (AvgIpc) is 1.80. The Kier molecular flexibility index (Phi) is 2.53. The molecule has 1 heteroatoms. The first-order chi connectivity index (χ1) is 5.35. The number of aliphatic hydroxyl groups excluding tert-OH is 1. The molecule has 0 aromatic heterocycles. The highest BCUT2D eigenvalue weighted by atomic mass is 16.3. The van der Waals surface area contributed by atoms with Crippen molar-refractivity contribution in [1.29, 1.82) is 0 Å². The molecule has 1 saturated carbocycles. The SMILES string of the molecule is CC1(C)CC(CO)CC(C)(C)C1. The van der Waals surface area contributed by atoms with Gasteiger partial charge in [0, 0.05) is 6.61 Å². The van der Waals surface area contributed by atoms with E-state index in [1.54, 1.807) is 0 Å². The van der Waals surface area contributed by atoms with Crippen molar-refractivity contribution in [2.45, 2.75) is 47.0 Å². The van der Waals surface area contributed by atoms with Crippen LogP contribution >= 0.6 is 0 Å². The number of hydrogen-bond acceptors (Lipinski definition) is 1. The van der Waals surface area contributed by atoms with E-state index < -0.39 is 0 Å². The Morgan fingerprint density at radius 1 is 1.08 bits per heavy atom. The molecule has 0 aliphatic heterocycles. The first-order valence-electron chi connectivity index (χ1n) is 4.96. The summed E-state index contributed by atoms with van der Waals surface area (Å²) in [7, 11) is 0. The Morgan fingerprint density at radius 2 is 1.50 bits per heavy atom. The van der Waals surface area contributed by atoms with Gasteiger partial charge in [0.05, 0.1) is 0 Å². The normalized spacial score (nSPS) is 28.8. The van der Waals surface area contributed by atoms with E-state index in [-0.39, 0.29) is 0 Å². The molecular weight excluding hydrogens is 148 g/mol. The molecule has 0 radical (unpaired) electrons. The van der Waals surface area contributed by atoms with Crippen molar-refractivity contribution in [1.82, 2.24) is 0 Å². The zero-order valence-corrected chi connectivity index (χ0v) is 8.85. The molecular formula is C11H22O. The van der Waals surface area contributed by atoms with Gasteiger partial charge in [0.1, 0.15) is 0 Å². The maximum atomic E-state index is 9.16. The van der Waals surface area contributed by atoms with Gasteiger partial charge in [-0.15, -0.1) is 0 Å². The monoisotopic (exact) mass is 170 g/mol. The van der Waals surface area contributed by atoms with Gasteiger partial charge in [-0.25, -0.2) is 0 Å². The standard InChI is InChI=1S/C11H22O/c1-10(2)5-9(7-12)6-11(3,4)8-10/h9,12H,5-8H2,1-4H3. The van der Waals surface area contributed by atoms with Crippen LogP contribution in [0.2, 0.25) is 0 Å². The van der Waals surface area contributed by atoms with E-state index in [1.165, 1.54) is 19.3 Å². The van der Waals surface area contributed by atoms with Crippen LogP contribution in [0.4, 0.5) is 0 Å². The zero-order chi connectivity index (χ0) is 9.41. The Balaban J connectivity index is 2.66. The summed E-state index contributed by atoms with van der Waals surface area (Å²) in [6.45, 7) is 9.63. The lowest BCUT2D eigenvalue weighted by Crippen LogP contribution is -2.35. The molecule has 72 valence electrons. The van der Waals surface area contributed by atoms with Crippen LogP contribution in [0.1, 0.15) is 47.0 Å². The molecule has 0 atom stereocenters. The summed E-state index contributed by atoms with van der Waals surface area (Å²) >= 11 is 0. The Morgan fingerprint density at radius 3 is 1.83 bits per heavy atom. The second kappa shape index (κ2) is 3.02. The van der Waals surface area contributed by atoms with E-state index in [4.69, 9.17) is 5.11 Å². The van der Waals surface area contributed by atoms with Crippen LogP contribution in [0.5, 0.6) is 0 Å². The first-order valence-corrected chi connectivity index (χ1v) is 4.96. The van der Waals surface area contributed by atoms with Gasteiger partial charge >= 0.3 is 0 Å². The Hall–Kier alpha value is -0.0400. The predicted molar refractivity (Wildman–Crippen MR) is 52.0 cm³/mol. The Bertz CT molecular complexity index is 142. The number of aliphatic hydroxyl groups is 1. The van der Waals surface area contributed by atoms with Crippen molar-refractivity contribution in [3.05, 3.63) is 0 Å². The van der Waals surface area contributed by atoms with Crippen LogP contribution in [0, 0.1) is 16.7 Å². The largest absolute Gasteiger partial charge is 0.396 e. The summed E-state index contributed by atoms with van der Waals surface area (Å²) in [6.07, 6.45) is 3.66. The minimum absolute atomic E-state index is 0.368. The fourth-order valence-corrected chi connectivity index (χ4v) is 3.20. The molecule has 1 aliphatic carbocycles. The van der Waals surface area contributed by atoms with Gasteiger partial charge in [-0.2, -0.15) is 0 Å². The molecule has 1 fully saturated rings. The van der Waals surface area contributed by atoms with Crippen molar-refractivity contribution in [3.8, 4) is 0 Å². The average molecular weight is 170 g/mol. The van der Waals surface area contributed by atoms with Gasteiger partial charge in [-0.05, 0) is 36.0 Å². The quantitative estimate of drug-likeness (QED) is 0.641. The van der Waals surface area contributed by atoms with Crippen molar-refractivity contribution >= 4 is 0 Å². The minimum atomic E-state index is 0.368. The number of hydrogen-bond donors (Lipinski definition) is 1. The van der Waals surface area contributed by atoms with E-state index in [0.717, 1.165) is 0 Å². The summed E-state index contributed by atoms with van der Waals surface area (Å²) in [5.74, 6) is 0.531. The predicted octanol–water partition coefficient (Wildman–Crippen LogP) is 2.83. The van der Waals surface area contributed by atoms with Crippen LogP contribution in [-0.2, 0) is 0 Å². The van der Waals surface area contributed by atoms with Crippen LogP contribution in [0.25, 0.3) is 0 Å². The molecule has 0 unspecified atom stereocenters. The van der Waals surface area contributed by atoms with E-state index >= 15 is 0 Å². The summed E-state index contributed by atoms with van der Waals surface area (Å²) in [6, 6.07) is 0. The van der Waals surface area contributed by atoms with E-state index in [2.05, 4.69) is 27.7 Å². The fourth-order valence-electron chi connectivity index (χ4n) is 3.20. The van der Waals surface area contributed by atoms with E-state index in [1.807, 2.05) is 0 Å².